The summed E-state index contributed by atoms with van der Waals surface area (Å²) in [5, 5.41) is 7.49. The number of aryl methyl sites for hydroxylation is 2. The molecule has 0 aliphatic heterocycles. The van der Waals surface area contributed by atoms with Gasteiger partial charge < -0.3 is 11.1 Å². The summed E-state index contributed by atoms with van der Waals surface area (Å²) >= 11 is 4.89. The van der Waals surface area contributed by atoms with Crippen LogP contribution in [0.5, 0.6) is 0 Å². The van der Waals surface area contributed by atoms with Gasteiger partial charge in [-0.1, -0.05) is 12.2 Å². The summed E-state index contributed by atoms with van der Waals surface area (Å²) in [5.74, 6) is 0.905. The first kappa shape index (κ1) is 11.5. The molecule has 2 rings (SSSR count). The van der Waals surface area contributed by atoms with E-state index < -0.39 is 0 Å². The summed E-state index contributed by atoms with van der Waals surface area (Å²) in [4.78, 5) is 4.37. The molecule has 0 saturated carbocycles. The van der Waals surface area contributed by atoms with Gasteiger partial charge in [-0.05, 0) is 19.1 Å². The lowest BCUT2D eigenvalue weighted by Crippen LogP contribution is -2.11. The Balaban J connectivity index is 2.27. The van der Waals surface area contributed by atoms with Crippen LogP contribution in [0.25, 0.3) is 0 Å². The molecule has 88 valence electrons. The zero-order valence-electron chi connectivity index (χ0n) is 9.64. The smallest absolute Gasteiger partial charge is 0.128 e. The van der Waals surface area contributed by atoms with Gasteiger partial charge in [0.05, 0.1) is 11.4 Å². The Morgan fingerprint density at radius 1 is 1.47 bits per heavy atom. The van der Waals surface area contributed by atoms with Crippen molar-refractivity contribution >= 4 is 28.7 Å². The molecule has 0 bridgehead atoms. The average molecular weight is 247 g/mol. The highest BCUT2D eigenvalue weighted by molar-refractivity contribution is 7.80. The summed E-state index contributed by atoms with van der Waals surface area (Å²) < 4.78 is 1.77. The van der Waals surface area contributed by atoms with Crippen molar-refractivity contribution in [1.29, 1.82) is 0 Å². The number of hydrogen-bond acceptors (Lipinski definition) is 4. The van der Waals surface area contributed by atoms with E-state index in [1.54, 1.807) is 10.9 Å². The van der Waals surface area contributed by atoms with Crippen molar-refractivity contribution in [2.24, 2.45) is 12.8 Å². The van der Waals surface area contributed by atoms with E-state index in [0.717, 1.165) is 17.2 Å². The van der Waals surface area contributed by atoms with Crippen molar-refractivity contribution in [3.05, 3.63) is 35.8 Å². The predicted molar refractivity (Wildman–Crippen MR) is 71.4 cm³/mol. The minimum atomic E-state index is 0.287. The Bertz CT molecular complexity index is 561. The molecule has 0 atom stereocenters. The van der Waals surface area contributed by atoms with E-state index in [2.05, 4.69) is 15.4 Å². The lowest BCUT2D eigenvalue weighted by atomic mass is 10.3. The number of nitrogens with one attached hydrogen (secondary N) is 1. The van der Waals surface area contributed by atoms with Crippen molar-refractivity contribution in [3.63, 3.8) is 0 Å². The van der Waals surface area contributed by atoms with Crippen LogP contribution in [0.15, 0.2) is 24.4 Å². The Kier molecular flexibility index (Phi) is 3.06. The largest absolute Gasteiger partial charge is 0.388 e. The maximum Gasteiger partial charge on any atom is 0.128 e. The summed E-state index contributed by atoms with van der Waals surface area (Å²) in [6.45, 7) is 1.94. The standard InChI is InChI=1S/C11H13N5S/c1-7-5-10(16(2)15-7)14-8-3-4-13-9(6-8)11(12)17/h3-6H,1-2H3,(H2,12,17)(H,13,14). The predicted octanol–water partition coefficient (Wildman–Crippen LogP) is 1.50. The van der Waals surface area contributed by atoms with Gasteiger partial charge in [-0.2, -0.15) is 5.10 Å². The molecule has 0 saturated heterocycles. The molecule has 0 fully saturated rings. The number of anilines is 2. The van der Waals surface area contributed by atoms with Gasteiger partial charge in [-0.15, -0.1) is 0 Å². The van der Waals surface area contributed by atoms with Crippen LogP contribution in [0.4, 0.5) is 11.5 Å². The molecule has 2 aromatic heterocycles. The molecule has 0 unspecified atom stereocenters. The van der Waals surface area contributed by atoms with Crippen LogP contribution in [0.2, 0.25) is 0 Å². The number of nitrogens with two attached hydrogens (primary N) is 1. The van der Waals surface area contributed by atoms with E-state index in [1.807, 2.05) is 32.2 Å². The molecule has 0 amide bonds. The molecule has 5 nitrogen and oxygen atoms in total. The first-order valence-electron chi connectivity index (χ1n) is 5.10. The maximum absolute atomic E-state index is 5.53. The minimum absolute atomic E-state index is 0.287. The van der Waals surface area contributed by atoms with E-state index in [-0.39, 0.29) is 4.99 Å². The third-order valence-corrected chi connectivity index (χ3v) is 2.50. The number of pyridine rings is 1. The van der Waals surface area contributed by atoms with Gasteiger partial charge in [0, 0.05) is 25.0 Å². The van der Waals surface area contributed by atoms with E-state index >= 15 is 0 Å². The van der Waals surface area contributed by atoms with Crippen LogP contribution in [0.3, 0.4) is 0 Å². The normalized spacial score (nSPS) is 10.2. The zero-order chi connectivity index (χ0) is 12.4. The third-order valence-electron chi connectivity index (χ3n) is 2.29. The average Bonchev–Trinajstić information content (AvgIpc) is 2.58. The molecule has 2 aromatic rings. The van der Waals surface area contributed by atoms with Crippen molar-refractivity contribution < 1.29 is 0 Å². The number of thiocarbonyl (C=S) groups is 1. The van der Waals surface area contributed by atoms with Crippen molar-refractivity contribution in [3.8, 4) is 0 Å². The second-order valence-corrected chi connectivity index (χ2v) is 4.15. The highest BCUT2D eigenvalue weighted by Crippen LogP contribution is 2.16. The second kappa shape index (κ2) is 4.50. The molecule has 0 spiro atoms. The van der Waals surface area contributed by atoms with Gasteiger partial charge in [0.25, 0.3) is 0 Å². The van der Waals surface area contributed by atoms with Gasteiger partial charge in [0.1, 0.15) is 10.8 Å². The lowest BCUT2D eigenvalue weighted by Gasteiger charge is -2.07. The Labute approximate surface area is 105 Å². The van der Waals surface area contributed by atoms with E-state index in [4.69, 9.17) is 18.0 Å². The number of hydrogen-bond donors (Lipinski definition) is 2. The maximum atomic E-state index is 5.53. The SMILES string of the molecule is Cc1cc(Nc2ccnc(C(N)=S)c2)n(C)n1. The lowest BCUT2D eigenvalue weighted by molar-refractivity contribution is 0.765. The fraction of sp³-hybridized carbons (Fsp3) is 0.182. The van der Waals surface area contributed by atoms with E-state index in [1.165, 1.54) is 0 Å². The van der Waals surface area contributed by atoms with Crippen LogP contribution in [0, 0.1) is 6.92 Å². The molecule has 17 heavy (non-hydrogen) atoms. The Morgan fingerprint density at radius 2 is 2.24 bits per heavy atom. The monoisotopic (exact) mass is 247 g/mol. The molecule has 3 N–H and O–H groups in total. The molecule has 0 radical (unpaired) electrons. The quantitative estimate of drug-likeness (QED) is 0.804. The molecule has 6 heteroatoms. The summed E-state index contributed by atoms with van der Waals surface area (Å²) in [6, 6.07) is 5.62. The number of nitrogens with zero attached hydrogens (tertiary/aromatic N) is 3. The van der Waals surface area contributed by atoms with Gasteiger partial charge in [-0.3, -0.25) is 9.67 Å². The van der Waals surface area contributed by atoms with Crippen LogP contribution in [-0.4, -0.2) is 19.8 Å². The second-order valence-electron chi connectivity index (χ2n) is 3.71. The first-order chi connectivity index (χ1) is 8.06. The molecular weight excluding hydrogens is 234 g/mol. The fourth-order valence-electron chi connectivity index (χ4n) is 1.52. The number of rotatable bonds is 3. The minimum Gasteiger partial charge on any atom is -0.388 e. The Hall–Kier alpha value is -1.95. The highest BCUT2D eigenvalue weighted by Gasteiger charge is 2.04. The van der Waals surface area contributed by atoms with Gasteiger partial charge >= 0.3 is 0 Å². The molecule has 2 heterocycles. The molecule has 0 aromatic carbocycles. The van der Waals surface area contributed by atoms with Gasteiger partial charge in [-0.25, -0.2) is 0 Å². The third kappa shape index (κ3) is 2.59. The van der Waals surface area contributed by atoms with Crippen LogP contribution < -0.4 is 11.1 Å². The van der Waals surface area contributed by atoms with Crippen molar-refractivity contribution in [1.82, 2.24) is 14.8 Å². The fourth-order valence-corrected chi connectivity index (χ4v) is 1.63. The van der Waals surface area contributed by atoms with Crippen LogP contribution >= 0.6 is 12.2 Å². The van der Waals surface area contributed by atoms with Crippen LogP contribution in [0.1, 0.15) is 11.4 Å². The molecular formula is C11H13N5S. The highest BCUT2D eigenvalue weighted by atomic mass is 32.1. The zero-order valence-corrected chi connectivity index (χ0v) is 10.5. The summed E-state index contributed by atoms with van der Waals surface area (Å²) in [6.07, 6.45) is 1.67. The number of aromatic nitrogens is 3. The van der Waals surface area contributed by atoms with Gasteiger partial charge in [0.15, 0.2) is 0 Å². The van der Waals surface area contributed by atoms with Crippen LogP contribution in [-0.2, 0) is 7.05 Å². The summed E-state index contributed by atoms with van der Waals surface area (Å²) in [5.41, 5.74) is 7.97. The molecule has 0 aliphatic carbocycles. The van der Waals surface area contributed by atoms with Crippen molar-refractivity contribution in [2.45, 2.75) is 6.92 Å². The van der Waals surface area contributed by atoms with E-state index in [9.17, 15) is 0 Å². The Morgan fingerprint density at radius 3 is 2.82 bits per heavy atom. The van der Waals surface area contributed by atoms with Gasteiger partial charge in [0.2, 0.25) is 0 Å². The first-order valence-corrected chi connectivity index (χ1v) is 5.50. The van der Waals surface area contributed by atoms with E-state index in [0.29, 0.717) is 5.69 Å². The van der Waals surface area contributed by atoms with Crippen molar-refractivity contribution in [2.75, 3.05) is 5.32 Å². The summed E-state index contributed by atoms with van der Waals surface area (Å²) in [7, 11) is 1.88. The molecule has 0 aliphatic rings. The topological polar surface area (TPSA) is 68.8 Å².